The highest BCUT2D eigenvalue weighted by atomic mass is 32.1. The summed E-state index contributed by atoms with van der Waals surface area (Å²) >= 11 is 1.77. The molecule has 0 aliphatic heterocycles. The van der Waals surface area contributed by atoms with Crippen molar-refractivity contribution in [1.29, 1.82) is 0 Å². The molecule has 0 spiro atoms. The van der Waals surface area contributed by atoms with Crippen molar-refractivity contribution in [3.8, 4) is 0 Å². The Kier molecular flexibility index (Phi) is 3.67. The number of rotatable bonds is 6. The average Bonchev–Trinajstić information content (AvgIpc) is 3.11. The van der Waals surface area contributed by atoms with E-state index in [1.807, 2.05) is 11.7 Å². The van der Waals surface area contributed by atoms with Crippen LogP contribution in [0.5, 0.6) is 0 Å². The molecule has 0 bridgehead atoms. The SMILES string of the molecule is CCNC(Cc1cncs1)C1(c2ccccc2)CC1. The number of hydrogen-bond acceptors (Lipinski definition) is 3. The molecular formula is C16H20N2S. The summed E-state index contributed by atoms with van der Waals surface area (Å²) in [6, 6.07) is 11.5. The van der Waals surface area contributed by atoms with Gasteiger partial charge >= 0.3 is 0 Å². The summed E-state index contributed by atoms with van der Waals surface area (Å²) in [7, 11) is 0. The van der Waals surface area contributed by atoms with Crippen LogP contribution in [0.15, 0.2) is 42.0 Å². The highest BCUT2D eigenvalue weighted by Gasteiger charge is 2.50. The molecular weight excluding hydrogens is 252 g/mol. The molecule has 1 N–H and O–H groups in total. The van der Waals surface area contributed by atoms with E-state index in [-0.39, 0.29) is 0 Å². The summed E-state index contributed by atoms with van der Waals surface area (Å²) in [6.45, 7) is 3.22. The third kappa shape index (κ3) is 2.58. The van der Waals surface area contributed by atoms with E-state index in [2.05, 4.69) is 47.6 Å². The van der Waals surface area contributed by atoms with Crippen LogP contribution in [0.1, 0.15) is 30.2 Å². The summed E-state index contributed by atoms with van der Waals surface area (Å²) in [5.41, 5.74) is 3.77. The van der Waals surface area contributed by atoms with Gasteiger partial charge < -0.3 is 5.32 Å². The van der Waals surface area contributed by atoms with Crippen LogP contribution >= 0.6 is 11.3 Å². The zero-order valence-electron chi connectivity index (χ0n) is 11.3. The van der Waals surface area contributed by atoms with Crippen LogP contribution in [0.25, 0.3) is 0 Å². The van der Waals surface area contributed by atoms with Crippen LogP contribution in [-0.2, 0) is 11.8 Å². The van der Waals surface area contributed by atoms with Gasteiger partial charge in [0.2, 0.25) is 0 Å². The van der Waals surface area contributed by atoms with Gasteiger partial charge in [0, 0.05) is 22.5 Å². The lowest BCUT2D eigenvalue weighted by Crippen LogP contribution is -2.41. The largest absolute Gasteiger partial charge is 0.313 e. The van der Waals surface area contributed by atoms with Gasteiger partial charge in [0.15, 0.2) is 0 Å². The van der Waals surface area contributed by atoms with Crippen molar-refractivity contribution in [2.24, 2.45) is 0 Å². The molecule has 1 heterocycles. The second kappa shape index (κ2) is 5.43. The van der Waals surface area contributed by atoms with E-state index in [0.29, 0.717) is 11.5 Å². The molecule has 1 aliphatic carbocycles. The van der Waals surface area contributed by atoms with Gasteiger partial charge in [-0.1, -0.05) is 37.3 Å². The van der Waals surface area contributed by atoms with Gasteiger partial charge in [0.05, 0.1) is 5.51 Å². The van der Waals surface area contributed by atoms with E-state index in [1.165, 1.54) is 23.3 Å². The van der Waals surface area contributed by atoms with Crippen molar-refractivity contribution in [3.05, 3.63) is 52.5 Å². The standard InChI is InChI=1S/C16H20N2S/c1-2-18-15(10-14-11-17-12-19-14)16(8-9-16)13-6-4-3-5-7-13/h3-7,11-12,15,18H,2,8-10H2,1H3. The number of likely N-dealkylation sites (N-methyl/N-ethyl adjacent to an activating group) is 1. The molecule has 1 atom stereocenters. The highest BCUT2D eigenvalue weighted by molar-refractivity contribution is 7.09. The first-order valence-electron chi connectivity index (χ1n) is 7.01. The summed E-state index contributed by atoms with van der Waals surface area (Å²) in [6.07, 6.45) is 5.70. The Morgan fingerprint density at radius 3 is 2.68 bits per heavy atom. The number of nitrogens with zero attached hydrogens (tertiary/aromatic N) is 1. The molecule has 3 heteroatoms. The van der Waals surface area contributed by atoms with Gasteiger partial charge in [-0.25, -0.2) is 0 Å². The minimum Gasteiger partial charge on any atom is -0.313 e. The van der Waals surface area contributed by atoms with Crippen LogP contribution in [0.2, 0.25) is 0 Å². The van der Waals surface area contributed by atoms with Gasteiger partial charge in [-0.05, 0) is 31.4 Å². The Hall–Kier alpha value is -1.19. The van der Waals surface area contributed by atoms with E-state index in [1.54, 1.807) is 11.3 Å². The Morgan fingerprint density at radius 2 is 2.11 bits per heavy atom. The van der Waals surface area contributed by atoms with Gasteiger partial charge in [-0.2, -0.15) is 0 Å². The Bertz CT molecular complexity index is 503. The second-order valence-electron chi connectivity index (χ2n) is 5.30. The molecule has 1 saturated carbocycles. The zero-order valence-corrected chi connectivity index (χ0v) is 12.1. The number of benzene rings is 1. The van der Waals surface area contributed by atoms with Crippen molar-refractivity contribution >= 4 is 11.3 Å². The van der Waals surface area contributed by atoms with Crippen molar-refractivity contribution in [2.75, 3.05) is 6.54 Å². The third-order valence-electron chi connectivity index (χ3n) is 4.14. The molecule has 3 rings (SSSR count). The number of aromatic nitrogens is 1. The van der Waals surface area contributed by atoms with Crippen molar-refractivity contribution < 1.29 is 0 Å². The normalized spacial score (nSPS) is 18.2. The fourth-order valence-electron chi connectivity index (χ4n) is 3.00. The minimum absolute atomic E-state index is 0.348. The van der Waals surface area contributed by atoms with Gasteiger partial charge in [0.1, 0.15) is 0 Å². The molecule has 100 valence electrons. The fourth-order valence-corrected chi connectivity index (χ4v) is 3.64. The average molecular weight is 272 g/mol. The van der Waals surface area contributed by atoms with Crippen LogP contribution in [0, 0.1) is 0 Å². The van der Waals surface area contributed by atoms with Gasteiger partial charge in [0.25, 0.3) is 0 Å². The van der Waals surface area contributed by atoms with Gasteiger partial charge in [-0.15, -0.1) is 11.3 Å². The van der Waals surface area contributed by atoms with E-state index in [0.717, 1.165) is 13.0 Å². The molecule has 1 aromatic heterocycles. The lowest BCUT2D eigenvalue weighted by atomic mass is 9.86. The lowest BCUT2D eigenvalue weighted by Gasteiger charge is -2.28. The summed E-state index contributed by atoms with van der Waals surface area (Å²) in [4.78, 5) is 5.58. The molecule has 0 saturated heterocycles. The first-order valence-corrected chi connectivity index (χ1v) is 7.89. The molecule has 0 radical (unpaired) electrons. The molecule has 0 amide bonds. The second-order valence-corrected chi connectivity index (χ2v) is 6.28. The third-order valence-corrected chi connectivity index (χ3v) is 4.95. The summed E-state index contributed by atoms with van der Waals surface area (Å²) in [5.74, 6) is 0. The maximum atomic E-state index is 4.20. The minimum atomic E-state index is 0.348. The molecule has 19 heavy (non-hydrogen) atoms. The first kappa shape index (κ1) is 12.8. The number of thiazole rings is 1. The maximum absolute atomic E-state index is 4.20. The van der Waals surface area contributed by atoms with Crippen LogP contribution < -0.4 is 5.32 Å². The van der Waals surface area contributed by atoms with E-state index >= 15 is 0 Å². The smallest absolute Gasteiger partial charge is 0.0794 e. The van der Waals surface area contributed by atoms with Crippen molar-refractivity contribution in [3.63, 3.8) is 0 Å². The zero-order chi connectivity index (χ0) is 13.1. The van der Waals surface area contributed by atoms with E-state index in [9.17, 15) is 0 Å². The molecule has 1 aromatic carbocycles. The fraction of sp³-hybridized carbons (Fsp3) is 0.438. The Balaban J connectivity index is 1.83. The lowest BCUT2D eigenvalue weighted by molar-refractivity contribution is 0.423. The quantitative estimate of drug-likeness (QED) is 0.872. The van der Waals surface area contributed by atoms with Crippen LogP contribution in [0.3, 0.4) is 0 Å². The van der Waals surface area contributed by atoms with Gasteiger partial charge in [-0.3, -0.25) is 4.98 Å². The topological polar surface area (TPSA) is 24.9 Å². The van der Waals surface area contributed by atoms with Crippen molar-refractivity contribution in [2.45, 2.75) is 37.6 Å². The number of nitrogens with one attached hydrogen (secondary N) is 1. The molecule has 2 aromatic rings. The molecule has 1 aliphatic rings. The van der Waals surface area contributed by atoms with Crippen LogP contribution in [0.4, 0.5) is 0 Å². The maximum Gasteiger partial charge on any atom is 0.0794 e. The molecule has 2 nitrogen and oxygen atoms in total. The molecule has 1 fully saturated rings. The number of hydrogen-bond donors (Lipinski definition) is 1. The highest BCUT2D eigenvalue weighted by Crippen LogP contribution is 2.51. The van der Waals surface area contributed by atoms with E-state index in [4.69, 9.17) is 0 Å². The summed E-state index contributed by atoms with van der Waals surface area (Å²) in [5, 5.41) is 3.70. The van der Waals surface area contributed by atoms with Crippen molar-refractivity contribution in [1.82, 2.24) is 10.3 Å². The van der Waals surface area contributed by atoms with E-state index < -0.39 is 0 Å². The predicted molar refractivity (Wildman–Crippen MR) is 80.6 cm³/mol. The Labute approximate surface area is 118 Å². The first-order chi connectivity index (χ1) is 9.35. The van der Waals surface area contributed by atoms with Crippen LogP contribution in [-0.4, -0.2) is 17.6 Å². The Morgan fingerprint density at radius 1 is 1.32 bits per heavy atom. The predicted octanol–water partition coefficient (Wildman–Crippen LogP) is 3.40. The summed E-state index contributed by atoms with van der Waals surface area (Å²) < 4.78 is 0. The monoisotopic (exact) mass is 272 g/mol. The molecule has 1 unspecified atom stereocenters.